The van der Waals surface area contributed by atoms with Gasteiger partial charge in [0.1, 0.15) is 0 Å². The Kier molecular flexibility index (Phi) is 8.80. The van der Waals surface area contributed by atoms with Crippen LogP contribution in [0.15, 0.2) is 48.5 Å². The van der Waals surface area contributed by atoms with Gasteiger partial charge in [0, 0.05) is 13.1 Å². The number of amides is 2. The van der Waals surface area contributed by atoms with Crippen LogP contribution in [0, 0.1) is 0 Å². The van der Waals surface area contributed by atoms with Gasteiger partial charge in [0.15, 0.2) is 35.2 Å². The average molecular weight is 416 g/mol. The highest BCUT2D eigenvalue weighted by Gasteiger charge is 2.18. The summed E-state index contributed by atoms with van der Waals surface area (Å²) in [6.45, 7) is 3.80. The van der Waals surface area contributed by atoms with Gasteiger partial charge in [0.25, 0.3) is 11.8 Å². The maximum Gasteiger partial charge on any atom is 0.260 e. The van der Waals surface area contributed by atoms with Gasteiger partial charge < -0.3 is 29.6 Å². The summed E-state index contributed by atoms with van der Waals surface area (Å²) < 4.78 is 21.7. The number of nitrogens with one attached hydrogen (secondary N) is 2. The van der Waals surface area contributed by atoms with E-state index in [1.54, 1.807) is 50.2 Å². The van der Waals surface area contributed by atoms with Crippen LogP contribution in [-0.2, 0) is 9.59 Å². The number of benzene rings is 2. The molecule has 0 spiro atoms. The molecule has 2 atom stereocenters. The smallest absolute Gasteiger partial charge is 0.260 e. The molecule has 0 aromatic heterocycles. The lowest BCUT2D eigenvalue weighted by Gasteiger charge is -2.18. The monoisotopic (exact) mass is 416 g/mol. The fraction of sp³-hybridized carbons (Fsp3) is 0.364. The molecule has 0 fully saturated rings. The van der Waals surface area contributed by atoms with Crippen LogP contribution < -0.4 is 29.6 Å². The quantitative estimate of drug-likeness (QED) is 0.545. The van der Waals surface area contributed by atoms with E-state index in [9.17, 15) is 9.59 Å². The van der Waals surface area contributed by atoms with E-state index in [1.807, 2.05) is 12.1 Å². The van der Waals surface area contributed by atoms with E-state index in [-0.39, 0.29) is 24.9 Å². The molecular weight excluding hydrogens is 388 g/mol. The van der Waals surface area contributed by atoms with Crippen molar-refractivity contribution in [3.05, 3.63) is 48.5 Å². The second-order valence-electron chi connectivity index (χ2n) is 6.40. The van der Waals surface area contributed by atoms with Crippen molar-refractivity contribution in [2.75, 3.05) is 27.3 Å². The first kappa shape index (κ1) is 22.9. The van der Waals surface area contributed by atoms with Crippen LogP contribution in [0.5, 0.6) is 23.0 Å². The van der Waals surface area contributed by atoms with Crippen LogP contribution in [0.2, 0.25) is 0 Å². The Morgan fingerprint density at radius 1 is 0.700 bits per heavy atom. The number of para-hydroxylation sites is 4. The van der Waals surface area contributed by atoms with Crippen LogP contribution in [0.4, 0.5) is 0 Å². The van der Waals surface area contributed by atoms with Crippen LogP contribution in [-0.4, -0.2) is 51.3 Å². The molecule has 8 heteroatoms. The molecule has 2 unspecified atom stereocenters. The molecule has 0 aliphatic carbocycles. The first-order valence-corrected chi connectivity index (χ1v) is 9.61. The number of rotatable bonds is 11. The molecule has 2 N–H and O–H groups in total. The molecule has 0 saturated carbocycles. The van der Waals surface area contributed by atoms with Crippen LogP contribution in [0.25, 0.3) is 0 Å². The molecule has 0 saturated heterocycles. The SMILES string of the molecule is COc1ccccc1OC(C)C(=O)NCCNC(=O)C(C)Oc1ccccc1OC. The molecule has 2 aromatic carbocycles. The van der Waals surface area contributed by atoms with E-state index in [0.29, 0.717) is 23.0 Å². The Morgan fingerprint density at radius 2 is 1.03 bits per heavy atom. The molecule has 0 radical (unpaired) electrons. The number of hydrogen-bond donors (Lipinski definition) is 2. The van der Waals surface area contributed by atoms with Gasteiger partial charge in [-0.3, -0.25) is 9.59 Å². The van der Waals surface area contributed by atoms with Crippen LogP contribution in [0.3, 0.4) is 0 Å². The van der Waals surface area contributed by atoms with Gasteiger partial charge in [-0.15, -0.1) is 0 Å². The molecule has 0 aliphatic heterocycles. The zero-order valence-corrected chi connectivity index (χ0v) is 17.6. The largest absolute Gasteiger partial charge is 0.493 e. The number of ether oxygens (including phenoxy) is 4. The lowest BCUT2D eigenvalue weighted by atomic mass is 10.3. The molecule has 8 nitrogen and oxygen atoms in total. The summed E-state index contributed by atoms with van der Waals surface area (Å²) in [5, 5.41) is 5.44. The fourth-order valence-corrected chi connectivity index (χ4v) is 2.58. The van der Waals surface area contributed by atoms with Crippen LogP contribution in [0.1, 0.15) is 13.8 Å². The summed E-state index contributed by atoms with van der Waals surface area (Å²) in [6.07, 6.45) is -1.44. The minimum atomic E-state index is -0.718. The first-order valence-electron chi connectivity index (χ1n) is 9.61. The second kappa shape index (κ2) is 11.5. The molecule has 0 heterocycles. The van der Waals surface area contributed by atoms with Crippen molar-refractivity contribution in [3.8, 4) is 23.0 Å². The number of carbonyl (C=O) groups excluding carboxylic acids is 2. The van der Waals surface area contributed by atoms with Crippen molar-refractivity contribution in [2.45, 2.75) is 26.1 Å². The average Bonchev–Trinajstić information content (AvgIpc) is 2.76. The Labute approximate surface area is 176 Å². The number of hydrogen-bond acceptors (Lipinski definition) is 6. The Morgan fingerprint density at radius 3 is 1.37 bits per heavy atom. The van der Waals surface area contributed by atoms with Crippen molar-refractivity contribution in [3.63, 3.8) is 0 Å². The van der Waals surface area contributed by atoms with Gasteiger partial charge >= 0.3 is 0 Å². The zero-order chi connectivity index (χ0) is 21.9. The first-order chi connectivity index (χ1) is 14.5. The van der Waals surface area contributed by atoms with E-state index in [1.165, 1.54) is 14.2 Å². The van der Waals surface area contributed by atoms with E-state index in [0.717, 1.165) is 0 Å². The summed E-state index contributed by atoms with van der Waals surface area (Å²) in [5.41, 5.74) is 0. The van der Waals surface area contributed by atoms with Crippen LogP contribution >= 0.6 is 0 Å². The van der Waals surface area contributed by atoms with Gasteiger partial charge in [-0.1, -0.05) is 24.3 Å². The fourth-order valence-electron chi connectivity index (χ4n) is 2.58. The predicted octanol–water partition coefficient (Wildman–Crippen LogP) is 2.17. The third kappa shape index (κ3) is 6.58. The normalized spacial score (nSPS) is 12.3. The van der Waals surface area contributed by atoms with E-state index >= 15 is 0 Å². The highest BCUT2D eigenvalue weighted by atomic mass is 16.5. The second-order valence-corrected chi connectivity index (χ2v) is 6.40. The third-order valence-electron chi connectivity index (χ3n) is 4.21. The lowest BCUT2D eigenvalue weighted by Crippen LogP contribution is -2.43. The van der Waals surface area contributed by atoms with E-state index in [2.05, 4.69) is 10.6 Å². The molecule has 2 rings (SSSR count). The molecule has 2 aromatic rings. The van der Waals surface area contributed by atoms with Gasteiger partial charge in [0.05, 0.1) is 14.2 Å². The minimum absolute atomic E-state index is 0.256. The third-order valence-corrected chi connectivity index (χ3v) is 4.21. The predicted molar refractivity (Wildman–Crippen MR) is 112 cm³/mol. The van der Waals surface area contributed by atoms with Gasteiger partial charge in [-0.2, -0.15) is 0 Å². The van der Waals surface area contributed by atoms with Crippen molar-refractivity contribution in [1.29, 1.82) is 0 Å². The summed E-state index contributed by atoms with van der Waals surface area (Å²) >= 11 is 0. The van der Waals surface area contributed by atoms with Gasteiger partial charge in [0.2, 0.25) is 0 Å². The Bertz CT molecular complexity index is 772. The topological polar surface area (TPSA) is 95.1 Å². The highest BCUT2D eigenvalue weighted by Crippen LogP contribution is 2.27. The van der Waals surface area contributed by atoms with Crippen molar-refractivity contribution in [1.82, 2.24) is 10.6 Å². The zero-order valence-electron chi connectivity index (χ0n) is 17.6. The summed E-state index contributed by atoms with van der Waals surface area (Å²) in [6, 6.07) is 14.2. The maximum absolute atomic E-state index is 12.2. The molecule has 162 valence electrons. The summed E-state index contributed by atoms with van der Waals surface area (Å²) in [7, 11) is 3.07. The summed E-state index contributed by atoms with van der Waals surface area (Å²) in [4.78, 5) is 24.4. The van der Waals surface area contributed by atoms with Gasteiger partial charge in [-0.25, -0.2) is 0 Å². The molecule has 0 bridgehead atoms. The van der Waals surface area contributed by atoms with E-state index in [4.69, 9.17) is 18.9 Å². The maximum atomic E-state index is 12.2. The Balaban J connectivity index is 1.73. The molecule has 0 aliphatic rings. The molecular formula is C22H28N2O6. The highest BCUT2D eigenvalue weighted by molar-refractivity contribution is 5.82. The van der Waals surface area contributed by atoms with Crippen molar-refractivity contribution >= 4 is 11.8 Å². The standard InChI is InChI=1S/C22H28N2O6/c1-15(29-19-11-7-5-9-17(19)27-3)21(25)23-13-14-24-22(26)16(2)30-20-12-8-6-10-18(20)28-4/h5-12,15-16H,13-14H2,1-4H3,(H,23,25)(H,24,26). The minimum Gasteiger partial charge on any atom is -0.493 e. The number of methoxy groups -OCH3 is 2. The van der Waals surface area contributed by atoms with Crippen molar-refractivity contribution < 1.29 is 28.5 Å². The van der Waals surface area contributed by atoms with Gasteiger partial charge in [-0.05, 0) is 38.1 Å². The lowest BCUT2D eigenvalue weighted by molar-refractivity contribution is -0.129. The summed E-state index contributed by atoms with van der Waals surface area (Å²) in [5.74, 6) is 1.47. The van der Waals surface area contributed by atoms with Crippen molar-refractivity contribution in [2.24, 2.45) is 0 Å². The molecule has 30 heavy (non-hydrogen) atoms. The van der Waals surface area contributed by atoms with E-state index < -0.39 is 12.2 Å². The Hall–Kier alpha value is -3.42. The molecule has 2 amide bonds. The number of carbonyl (C=O) groups is 2.